The van der Waals surface area contributed by atoms with Gasteiger partial charge in [-0.2, -0.15) is 8.78 Å². The van der Waals surface area contributed by atoms with E-state index in [0.717, 1.165) is 0 Å². The summed E-state index contributed by atoms with van der Waals surface area (Å²) in [6.07, 6.45) is 0. The van der Waals surface area contributed by atoms with Crippen molar-refractivity contribution >= 4 is 11.6 Å². The topological polar surface area (TPSA) is 22.1 Å². The van der Waals surface area contributed by atoms with Crippen LogP contribution >= 0.6 is 11.6 Å². The fourth-order valence-electron chi connectivity index (χ4n) is 0.926. The first kappa shape index (κ1) is 11.2. The van der Waals surface area contributed by atoms with E-state index < -0.39 is 6.61 Å². The van der Waals surface area contributed by atoms with E-state index in [1.807, 2.05) is 13.8 Å². The standard InChI is InChI=1S/C9H10ClF2NO/c1-5(2)7-4-3-6(10)8(13-7)14-9(11)12/h3-5,9H,1-2H3. The molecule has 1 heterocycles. The molecule has 0 aliphatic heterocycles. The Kier molecular flexibility index (Phi) is 3.63. The monoisotopic (exact) mass is 221 g/mol. The van der Waals surface area contributed by atoms with Gasteiger partial charge in [0.15, 0.2) is 0 Å². The number of pyridine rings is 1. The van der Waals surface area contributed by atoms with Gasteiger partial charge in [0.2, 0.25) is 5.88 Å². The highest BCUT2D eigenvalue weighted by atomic mass is 35.5. The summed E-state index contributed by atoms with van der Waals surface area (Å²) in [7, 11) is 0. The molecule has 14 heavy (non-hydrogen) atoms. The molecular formula is C9H10ClF2NO. The first-order chi connectivity index (χ1) is 6.50. The maximum absolute atomic E-state index is 11.9. The highest BCUT2D eigenvalue weighted by molar-refractivity contribution is 6.31. The molecule has 0 atom stereocenters. The zero-order chi connectivity index (χ0) is 10.7. The Bertz CT molecular complexity index is 318. The van der Waals surface area contributed by atoms with Gasteiger partial charge in [-0.1, -0.05) is 25.4 Å². The highest BCUT2D eigenvalue weighted by Crippen LogP contribution is 2.25. The summed E-state index contributed by atoms with van der Waals surface area (Å²) in [6, 6.07) is 3.19. The van der Waals surface area contributed by atoms with Crippen molar-refractivity contribution in [3.63, 3.8) is 0 Å². The Balaban J connectivity index is 2.96. The molecule has 0 saturated carbocycles. The van der Waals surface area contributed by atoms with Crippen molar-refractivity contribution in [3.8, 4) is 5.88 Å². The van der Waals surface area contributed by atoms with Crippen LogP contribution in [0.3, 0.4) is 0 Å². The van der Waals surface area contributed by atoms with Crippen molar-refractivity contribution in [1.82, 2.24) is 4.98 Å². The van der Waals surface area contributed by atoms with Gasteiger partial charge in [0.1, 0.15) is 5.02 Å². The predicted molar refractivity (Wildman–Crippen MR) is 50.0 cm³/mol. The maximum Gasteiger partial charge on any atom is 0.388 e. The van der Waals surface area contributed by atoms with Crippen LogP contribution in [-0.2, 0) is 0 Å². The normalized spacial score (nSPS) is 11.1. The van der Waals surface area contributed by atoms with E-state index in [0.29, 0.717) is 5.69 Å². The van der Waals surface area contributed by atoms with E-state index in [1.54, 1.807) is 6.07 Å². The van der Waals surface area contributed by atoms with Crippen molar-refractivity contribution in [3.05, 3.63) is 22.8 Å². The van der Waals surface area contributed by atoms with Gasteiger partial charge in [0, 0.05) is 5.69 Å². The minimum Gasteiger partial charge on any atom is -0.415 e. The molecule has 2 nitrogen and oxygen atoms in total. The van der Waals surface area contributed by atoms with E-state index in [2.05, 4.69) is 9.72 Å². The molecule has 0 aliphatic rings. The van der Waals surface area contributed by atoms with Gasteiger partial charge in [-0.3, -0.25) is 0 Å². The third kappa shape index (κ3) is 2.80. The number of alkyl halides is 2. The van der Waals surface area contributed by atoms with Crippen LogP contribution in [-0.4, -0.2) is 11.6 Å². The summed E-state index contributed by atoms with van der Waals surface area (Å²) in [5, 5.41) is 0.0923. The highest BCUT2D eigenvalue weighted by Gasteiger charge is 2.12. The lowest BCUT2D eigenvalue weighted by Gasteiger charge is -2.09. The van der Waals surface area contributed by atoms with Gasteiger partial charge in [-0.25, -0.2) is 4.98 Å². The number of hydrogen-bond acceptors (Lipinski definition) is 2. The molecule has 0 radical (unpaired) electrons. The van der Waals surface area contributed by atoms with E-state index in [4.69, 9.17) is 11.6 Å². The molecule has 0 bridgehead atoms. The van der Waals surface area contributed by atoms with Crippen LogP contribution < -0.4 is 4.74 Å². The lowest BCUT2D eigenvalue weighted by atomic mass is 10.1. The molecule has 1 aromatic rings. The second-order valence-electron chi connectivity index (χ2n) is 3.06. The van der Waals surface area contributed by atoms with Gasteiger partial charge in [-0.15, -0.1) is 0 Å². The second kappa shape index (κ2) is 4.55. The number of rotatable bonds is 3. The molecule has 0 aromatic carbocycles. The molecular weight excluding hydrogens is 212 g/mol. The number of halogens is 3. The smallest absolute Gasteiger partial charge is 0.388 e. The van der Waals surface area contributed by atoms with Crippen LogP contribution in [0.1, 0.15) is 25.5 Å². The fraction of sp³-hybridized carbons (Fsp3) is 0.444. The minimum absolute atomic E-state index is 0.0923. The summed E-state index contributed by atoms with van der Waals surface area (Å²) in [5.41, 5.74) is 0.671. The van der Waals surface area contributed by atoms with Gasteiger partial charge < -0.3 is 4.74 Å². The molecule has 0 fully saturated rings. The Morgan fingerprint density at radius 1 is 1.36 bits per heavy atom. The Morgan fingerprint density at radius 2 is 2.00 bits per heavy atom. The average Bonchev–Trinajstić information content (AvgIpc) is 2.07. The van der Waals surface area contributed by atoms with Crippen LogP contribution in [0.2, 0.25) is 5.02 Å². The fourth-order valence-corrected chi connectivity index (χ4v) is 1.08. The molecule has 5 heteroatoms. The average molecular weight is 222 g/mol. The Morgan fingerprint density at radius 3 is 2.50 bits per heavy atom. The van der Waals surface area contributed by atoms with Crippen LogP contribution in [0.4, 0.5) is 8.78 Å². The lowest BCUT2D eigenvalue weighted by Crippen LogP contribution is -2.05. The summed E-state index contributed by atoms with van der Waals surface area (Å²) in [6.45, 7) is 0.910. The van der Waals surface area contributed by atoms with Gasteiger partial charge in [0.25, 0.3) is 0 Å². The number of aromatic nitrogens is 1. The summed E-state index contributed by atoms with van der Waals surface area (Å²) < 4.78 is 28.0. The number of hydrogen-bond donors (Lipinski definition) is 0. The second-order valence-corrected chi connectivity index (χ2v) is 3.46. The third-order valence-corrected chi connectivity index (χ3v) is 1.92. The lowest BCUT2D eigenvalue weighted by molar-refractivity contribution is -0.0529. The zero-order valence-corrected chi connectivity index (χ0v) is 8.55. The van der Waals surface area contributed by atoms with Crippen molar-refractivity contribution in [2.75, 3.05) is 0 Å². The van der Waals surface area contributed by atoms with E-state index >= 15 is 0 Å². The Labute approximate surface area is 85.9 Å². The molecule has 0 saturated heterocycles. The first-order valence-corrected chi connectivity index (χ1v) is 4.49. The van der Waals surface area contributed by atoms with Crippen molar-refractivity contribution in [1.29, 1.82) is 0 Å². The van der Waals surface area contributed by atoms with E-state index in [-0.39, 0.29) is 16.8 Å². The maximum atomic E-state index is 11.9. The molecule has 0 amide bonds. The number of nitrogens with zero attached hydrogens (tertiary/aromatic N) is 1. The molecule has 1 aromatic heterocycles. The predicted octanol–water partition coefficient (Wildman–Crippen LogP) is 3.46. The van der Waals surface area contributed by atoms with Crippen LogP contribution in [0.5, 0.6) is 5.88 Å². The molecule has 1 rings (SSSR count). The van der Waals surface area contributed by atoms with Crippen LogP contribution in [0, 0.1) is 0 Å². The summed E-state index contributed by atoms with van der Waals surface area (Å²) in [5.74, 6) is -0.0693. The van der Waals surface area contributed by atoms with Crippen LogP contribution in [0.15, 0.2) is 12.1 Å². The molecule has 0 N–H and O–H groups in total. The van der Waals surface area contributed by atoms with Gasteiger partial charge in [0.05, 0.1) is 0 Å². The van der Waals surface area contributed by atoms with Crippen molar-refractivity contribution in [2.45, 2.75) is 26.4 Å². The van der Waals surface area contributed by atoms with E-state index in [9.17, 15) is 8.78 Å². The SMILES string of the molecule is CC(C)c1ccc(Cl)c(OC(F)F)n1. The van der Waals surface area contributed by atoms with Crippen molar-refractivity contribution < 1.29 is 13.5 Å². The molecule has 0 spiro atoms. The summed E-state index contributed by atoms with van der Waals surface area (Å²) >= 11 is 5.62. The van der Waals surface area contributed by atoms with E-state index in [1.165, 1.54) is 6.07 Å². The third-order valence-electron chi connectivity index (χ3n) is 1.63. The molecule has 0 aliphatic carbocycles. The molecule has 0 unspecified atom stereocenters. The minimum atomic E-state index is -2.90. The first-order valence-electron chi connectivity index (χ1n) is 4.12. The van der Waals surface area contributed by atoms with Crippen LogP contribution in [0.25, 0.3) is 0 Å². The Hall–Kier alpha value is -0.900. The summed E-state index contributed by atoms with van der Waals surface area (Å²) in [4.78, 5) is 3.88. The largest absolute Gasteiger partial charge is 0.415 e. The zero-order valence-electron chi connectivity index (χ0n) is 7.80. The van der Waals surface area contributed by atoms with Gasteiger partial charge in [-0.05, 0) is 18.1 Å². The quantitative estimate of drug-likeness (QED) is 0.780. The van der Waals surface area contributed by atoms with Crippen molar-refractivity contribution in [2.24, 2.45) is 0 Å². The molecule has 78 valence electrons. The number of ether oxygens (including phenoxy) is 1. The van der Waals surface area contributed by atoms with Gasteiger partial charge >= 0.3 is 6.61 Å².